The van der Waals surface area contributed by atoms with Gasteiger partial charge in [-0.3, -0.25) is 4.79 Å². The number of aromatic amines is 1. The van der Waals surface area contributed by atoms with Crippen molar-refractivity contribution in [1.82, 2.24) is 15.3 Å². The topological polar surface area (TPSA) is 95.1 Å². The van der Waals surface area contributed by atoms with Crippen molar-refractivity contribution in [2.75, 3.05) is 0 Å². The third-order valence-corrected chi connectivity index (χ3v) is 5.61. The Morgan fingerprint density at radius 3 is 2.85 bits per heavy atom. The van der Waals surface area contributed by atoms with E-state index in [1.54, 1.807) is 6.92 Å². The Hall–Kier alpha value is -2.67. The number of aromatic nitrogens is 2. The first-order valence-corrected chi connectivity index (χ1v) is 9.32. The molecule has 26 heavy (non-hydrogen) atoms. The van der Waals surface area contributed by atoms with Crippen molar-refractivity contribution in [2.45, 2.75) is 39.2 Å². The third kappa shape index (κ3) is 3.94. The van der Waals surface area contributed by atoms with Crippen LogP contribution >= 0.6 is 11.3 Å². The number of thiazole rings is 1. The SMILES string of the molecule is Cc1nc(C(C)NC(=O)CCCc2c[nH]c3ccccc23)sc1C(=O)O. The average Bonchev–Trinajstić information content (AvgIpc) is 3.19. The molecule has 6 nitrogen and oxygen atoms in total. The van der Waals surface area contributed by atoms with Crippen LogP contribution in [-0.2, 0) is 11.2 Å². The molecule has 3 rings (SSSR count). The lowest BCUT2D eigenvalue weighted by Gasteiger charge is -2.11. The van der Waals surface area contributed by atoms with Crippen LogP contribution in [0, 0.1) is 6.92 Å². The molecule has 1 aromatic carbocycles. The molecule has 1 atom stereocenters. The smallest absolute Gasteiger partial charge is 0.347 e. The Balaban J connectivity index is 1.52. The number of carboxylic acid groups (broad SMARTS) is 1. The minimum absolute atomic E-state index is 0.0536. The van der Waals surface area contributed by atoms with E-state index in [1.807, 2.05) is 31.3 Å². The van der Waals surface area contributed by atoms with Gasteiger partial charge in [0.15, 0.2) is 0 Å². The van der Waals surface area contributed by atoms with Gasteiger partial charge in [0.25, 0.3) is 0 Å². The lowest BCUT2D eigenvalue weighted by Crippen LogP contribution is -2.26. The number of H-pyrrole nitrogens is 1. The van der Waals surface area contributed by atoms with Crippen molar-refractivity contribution in [3.63, 3.8) is 0 Å². The van der Waals surface area contributed by atoms with Crippen LogP contribution in [-0.4, -0.2) is 27.0 Å². The molecule has 0 aliphatic heterocycles. The highest BCUT2D eigenvalue weighted by Crippen LogP contribution is 2.24. The molecular weight excluding hydrogens is 350 g/mol. The minimum Gasteiger partial charge on any atom is -0.477 e. The normalized spacial score (nSPS) is 12.2. The second-order valence-corrected chi connectivity index (χ2v) is 7.30. The standard InChI is InChI=1S/C19H21N3O3S/c1-11-17(19(24)25)26-18(22-11)12(2)21-16(23)9-5-6-13-10-20-15-8-4-3-7-14(13)15/h3-4,7-8,10,12,20H,5-6,9H2,1-2H3,(H,21,23)(H,24,25). The first kappa shape index (κ1) is 18.1. The quantitative estimate of drug-likeness (QED) is 0.588. The summed E-state index contributed by atoms with van der Waals surface area (Å²) in [6.07, 6.45) is 3.99. The van der Waals surface area contributed by atoms with E-state index in [9.17, 15) is 9.59 Å². The number of amides is 1. The maximum absolute atomic E-state index is 12.2. The van der Waals surface area contributed by atoms with Gasteiger partial charge < -0.3 is 15.4 Å². The molecule has 0 fully saturated rings. The van der Waals surface area contributed by atoms with E-state index in [-0.39, 0.29) is 16.8 Å². The molecular formula is C19H21N3O3S. The Kier molecular flexibility index (Phi) is 5.37. The Morgan fingerprint density at radius 1 is 1.35 bits per heavy atom. The van der Waals surface area contributed by atoms with Crippen molar-refractivity contribution in [2.24, 2.45) is 0 Å². The lowest BCUT2D eigenvalue weighted by atomic mass is 10.1. The average molecular weight is 371 g/mol. The summed E-state index contributed by atoms with van der Waals surface area (Å²) in [5.74, 6) is -1.04. The van der Waals surface area contributed by atoms with Gasteiger partial charge in [-0.1, -0.05) is 18.2 Å². The van der Waals surface area contributed by atoms with Crippen LogP contribution < -0.4 is 5.32 Å². The number of fused-ring (bicyclic) bond motifs is 1. The molecule has 3 N–H and O–H groups in total. The fraction of sp³-hybridized carbons (Fsp3) is 0.316. The van der Waals surface area contributed by atoms with Crippen LogP contribution in [0.1, 0.15) is 51.7 Å². The van der Waals surface area contributed by atoms with Crippen molar-refractivity contribution >= 4 is 34.1 Å². The highest BCUT2D eigenvalue weighted by Gasteiger charge is 2.19. The van der Waals surface area contributed by atoms with E-state index in [0.717, 1.165) is 29.7 Å². The molecule has 2 aromatic heterocycles. The van der Waals surface area contributed by atoms with Crippen molar-refractivity contribution in [3.05, 3.63) is 51.6 Å². The molecule has 0 aliphatic carbocycles. The predicted octanol–water partition coefficient (Wildman–Crippen LogP) is 3.83. The number of aryl methyl sites for hydroxylation is 2. The number of benzene rings is 1. The van der Waals surface area contributed by atoms with Crippen molar-refractivity contribution in [3.8, 4) is 0 Å². The van der Waals surface area contributed by atoms with E-state index in [0.29, 0.717) is 17.1 Å². The van der Waals surface area contributed by atoms with Crippen LogP contribution in [0.4, 0.5) is 0 Å². The monoisotopic (exact) mass is 371 g/mol. The van der Waals surface area contributed by atoms with Crippen LogP contribution in [0.5, 0.6) is 0 Å². The van der Waals surface area contributed by atoms with Crippen LogP contribution in [0.25, 0.3) is 10.9 Å². The number of nitrogens with one attached hydrogen (secondary N) is 2. The largest absolute Gasteiger partial charge is 0.477 e. The maximum atomic E-state index is 12.2. The maximum Gasteiger partial charge on any atom is 0.347 e. The van der Waals surface area contributed by atoms with Gasteiger partial charge in [-0.2, -0.15) is 0 Å². The first-order valence-electron chi connectivity index (χ1n) is 8.50. The van der Waals surface area contributed by atoms with E-state index in [1.165, 1.54) is 10.9 Å². The second-order valence-electron chi connectivity index (χ2n) is 6.27. The summed E-state index contributed by atoms with van der Waals surface area (Å²) in [6.45, 7) is 3.49. The number of carbonyl (C=O) groups is 2. The summed E-state index contributed by atoms with van der Waals surface area (Å²) in [7, 11) is 0. The summed E-state index contributed by atoms with van der Waals surface area (Å²) in [6, 6.07) is 7.82. The lowest BCUT2D eigenvalue weighted by molar-refractivity contribution is -0.121. The minimum atomic E-state index is -0.983. The van der Waals surface area contributed by atoms with E-state index < -0.39 is 5.97 Å². The number of hydrogen-bond donors (Lipinski definition) is 3. The molecule has 0 saturated heterocycles. The number of aromatic carboxylic acids is 1. The van der Waals surface area contributed by atoms with Crippen LogP contribution in [0.3, 0.4) is 0 Å². The van der Waals surface area contributed by atoms with Gasteiger partial charge in [-0.05, 0) is 38.3 Å². The Bertz CT molecular complexity index is 945. The summed E-state index contributed by atoms with van der Waals surface area (Å²) in [5.41, 5.74) is 2.80. The highest BCUT2D eigenvalue weighted by atomic mass is 32.1. The fourth-order valence-corrected chi connectivity index (χ4v) is 3.86. The van der Waals surface area contributed by atoms with Gasteiger partial charge in [0.1, 0.15) is 9.88 Å². The van der Waals surface area contributed by atoms with Gasteiger partial charge in [0, 0.05) is 23.5 Å². The molecule has 1 amide bonds. The molecule has 0 saturated carbocycles. The van der Waals surface area contributed by atoms with Gasteiger partial charge >= 0.3 is 5.97 Å². The van der Waals surface area contributed by atoms with Gasteiger partial charge in [-0.15, -0.1) is 11.3 Å². The summed E-state index contributed by atoms with van der Waals surface area (Å²) in [4.78, 5) is 31.0. The number of carboxylic acids is 1. The van der Waals surface area contributed by atoms with Gasteiger partial charge in [0.05, 0.1) is 11.7 Å². The zero-order valence-corrected chi connectivity index (χ0v) is 15.5. The highest BCUT2D eigenvalue weighted by molar-refractivity contribution is 7.13. The number of carbonyl (C=O) groups excluding carboxylic acids is 1. The zero-order chi connectivity index (χ0) is 18.7. The van der Waals surface area contributed by atoms with Crippen LogP contribution in [0.15, 0.2) is 30.5 Å². The zero-order valence-electron chi connectivity index (χ0n) is 14.7. The number of nitrogens with zero attached hydrogens (tertiary/aromatic N) is 1. The molecule has 1 unspecified atom stereocenters. The predicted molar refractivity (Wildman–Crippen MR) is 102 cm³/mol. The van der Waals surface area contributed by atoms with Crippen LogP contribution in [0.2, 0.25) is 0 Å². The molecule has 7 heteroatoms. The number of rotatable bonds is 7. The molecule has 0 bridgehead atoms. The third-order valence-electron chi connectivity index (χ3n) is 4.28. The van der Waals surface area contributed by atoms with E-state index in [4.69, 9.17) is 5.11 Å². The summed E-state index contributed by atoms with van der Waals surface area (Å²) >= 11 is 1.11. The van der Waals surface area contributed by atoms with Crippen molar-refractivity contribution in [1.29, 1.82) is 0 Å². The number of hydrogen-bond acceptors (Lipinski definition) is 4. The Labute approximate surface area is 155 Å². The van der Waals surface area contributed by atoms with Gasteiger partial charge in [-0.25, -0.2) is 9.78 Å². The Morgan fingerprint density at radius 2 is 2.12 bits per heavy atom. The number of para-hydroxylation sites is 1. The molecule has 2 heterocycles. The van der Waals surface area contributed by atoms with E-state index in [2.05, 4.69) is 21.4 Å². The molecule has 136 valence electrons. The molecule has 0 spiro atoms. The molecule has 0 aliphatic rings. The fourth-order valence-electron chi connectivity index (χ4n) is 2.95. The first-order chi connectivity index (χ1) is 12.5. The molecule has 0 radical (unpaired) electrons. The van der Waals surface area contributed by atoms with Crippen molar-refractivity contribution < 1.29 is 14.7 Å². The summed E-state index contributed by atoms with van der Waals surface area (Å²) < 4.78 is 0. The van der Waals surface area contributed by atoms with E-state index >= 15 is 0 Å². The molecule has 3 aromatic rings. The van der Waals surface area contributed by atoms with Gasteiger partial charge in [0.2, 0.25) is 5.91 Å². The summed E-state index contributed by atoms with van der Waals surface area (Å²) in [5, 5.41) is 13.8. The second kappa shape index (κ2) is 7.70.